The van der Waals surface area contributed by atoms with Crippen LogP contribution < -0.4 is 4.72 Å². The van der Waals surface area contributed by atoms with E-state index in [0.717, 1.165) is 22.5 Å². The fourth-order valence-electron chi connectivity index (χ4n) is 4.29. The van der Waals surface area contributed by atoms with Gasteiger partial charge in [0.1, 0.15) is 5.82 Å². The Morgan fingerprint density at radius 3 is 2.41 bits per heavy atom. The Bertz CT molecular complexity index is 1320. The Kier molecular flexibility index (Phi) is 6.31. The number of rotatable bonds is 7. The third-order valence-electron chi connectivity index (χ3n) is 5.91. The van der Waals surface area contributed by atoms with Gasteiger partial charge in [0.15, 0.2) is 0 Å². The first-order valence-electron chi connectivity index (χ1n) is 11.2. The van der Waals surface area contributed by atoms with Crippen molar-refractivity contribution in [3.63, 3.8) is 0 Å². The number of sulfonamides is 1. The Hall–Kier alpha value is -2.39. The van der Waals surface area contributed by atoms with Gasteiger partial charge in [0.05, 0.1) is 10.8 Å². The van der Waals surface area contributed by atoms with Gasteiger partial charge in [0.25, 0.3) is 0 Å². The molecule has 184 valence electrons. The van der Waals surface area contributed by atoms with Crippen molar-refractivity contribution in [2.45, 2.75) is 58.0 Å². The van der Waals surface area contributed by atoms with Gasteiger partial charge in [-0.1, -0.05) is 39.0 Å². The predicted octanol–water partition coefficient (Wildman–Crippen LogP) is 6.14. The topological polar surface area (TPSA) is 51.1 Å². The molecule has 0 unspecified atom stereocenters. The van der Waals surface area contributed by atoms with Crippen LogP contribution in [0.1, 0.15) is 44.7 Å². The van der Waals surface area contributed by atoms with Crippen molar-refractivity contribution in [1.29, 1.82) is 0 Å². The number of hydrogen-bond donors (Lipinski definition) is 1. The second kappa shape index (κ2) is 8.68. The molecule has 0 radical (unpaired) electrons. The maximum atomic E-state index is 14.2. The zero-order chi connectivity index (χ0) is 24.9. The van der Waals surface area contributed by atoms with Crippen molar-refractivity contribution >= 4 is 20.9 Å². The summed E-state index contributed by atoms with van der Waals surface area (Å²) in [6.07, 6.45) is -0.862. The Morgan fingerprint density at radius 2 is 1.79 bits per heavy atom. The molecular formula is C25H28F4N2O2S. The molecule has 1 aliphatic carbocycles. The van der Waals surface area contributed by atoms with Crippen LogP contribution in [0.4, 0.5) is 17.6 Å². The first-order valence-corrected chi connectivity index (χ1v) is 12.8. The van der Waals surface area contributed by atoms with E-state index in [0.29, 0.717) is 25.8 Å². The molecule has 0 aliphatic heterocycles. The molecule has 1 heterocycles. The summed E-state index contributed by atoms with van der Waals surface area (Å²) in [6.45, 7) is 6.81. The first-order chi connectivity index (χ1) is 15.8. The number of halogens is 4. The lowest BCUT2D eigenvalue weighted by Crippen LogP contribution is -2.30. The average molecular weight is 497 g/mol. The van der Waals surface area contributed by atoms with Crippen LogP contribution in [0.15, 0.2) is 42.6 Å². The van der Waals surface area contributed by atoms with Crippen LogP contribution in [0.25, 0.3) is 22.0 Å². The number of aromatic nitrogens is 1. The van der Waals surface area contributed by atoms with Gasteiger partial charge in [-0.15, -0.1) is 0 Å². The summed E-state index contributed by atoms with van der Waals surface area (Å²) < 4.78 is 83.8. The smallest absolute Gasteiger partial charge is 0.346 e. The predicted molar refractivity (Wildman–Crippen MR) is 125 cm³/mol. The minimum atomic E-state index is -4.82. The molecule has 3 aromatic rings. The molecule has 9 heteroatoms. The lowest BCUT2D eigenvalue weighted by atomic mass is 9.87. The Balaban J connectivity index is 1.74. The van der Waals surface area contributed by atoms with E-state index in [1.165, 1.54) is 12.1 Å². The molecule has 0 atom stereocenters. The zero-order valence-corrected chi connectivity index (χ0v) is 20.2. The molecule has 1 aromatic heterocycles. The molecule has 0 bridgehead atoms. The molecule has 2 aromatic carbocycles. The molecule has 4 rings (SSSR count). The largest absolute Gasteiger partial charge is 0.419 e. The van der Waals surface area contributed by atoms with Crippen molar-refractivity contribution in [3.8, 4) is 11.1 Å². The quantitative estimate of drug-likeness (QED) is 0.400. The van der Waals surface area contributed by atoms with Crippen molar-refractivity contribution in [2.24, 2.45) is 5.41 Å². The van der Waals surface area contributed by atoms with Crippen molar-refractivity contribution in [3.05, 3.63) is 59.5 Å². The highest BCUT2D eigenvalue weighted by Crippen LogP contribution is 2.40. The maximum Gasteiger partial charge on any atom is 0.419 e. The number of alkyl halides is 3. The third-order valence-corrected chi connectivity index (χ3v) is 7.87. The van der Waals surface area contributed by atoms with Crippen LogP contribution in [-0.2, 0) is 29.2 Å². The van der Waals surface area contributed by atoms with Gasteiger partial charge in [-0.3, -0.25) is 0 Å². The fraction of sp³-hybridized carbons (Fsp3) is 0.440. The number of fused-ring (bicyclic) bond motifs is 1. The summed E-state index contributed by atoms with van der Waals surface area (Å²) in [5.41, 5.74) is 0.444. The molecule has 1 N–H and O–H groups in total. The average Bonchev–Trinajstić information content (AvgIpc) is 3.52. The highest BCUT2D eigenvalue weighted by molar-refractivity contribution is 7.90. The Labute approximate surface area is 197 Å². The van der Waals surface area contributed by atoms with Crippen molar-refractivity contribution in [2.75, 3.05) is 6.54 Å². The number of benzene rings is 2. The number of nitrogens with zero attached hydrogens (tertiary/aromatic N) is 1. The van der Waals surface area contributed by atoms with Crippen LogP contribution in [0.5, 0.6) is 0 Å². The summed E-state index contributed by atoms with van der Waals surface area (Å²) in [4.78, 5) is 0. The lowest BCUT2D eigenvalue weighted by Gasteiger charge is -2.17. The van der Waals surface area contributed by atoms with Crippen molar-refractivity contribution in [1.82, 2.24) is 9.29 Å². The molecule has 1 aliphatic rings. The van der Waals surface area contributed by atoms with Gasteiger partial charge in [-0.2, -0.15) is 13.2 Å². The van der Waals surface area contributed by atoms with Crippen LogP contribution in [0, 0.1) is 11.2 Å². The Morgan fingerprint density at radius 1 is 1.09 bits per heavy atom. The highest BCUT2D eigenvalue weighted by atomic mass is 32.2. The molecule has 1 saturated carbocycles. The standard InChI is InChI=1S/C25H28F4N2O2S/c1-24(2,3)14-17-15-31(12-11-30-34(32,33)18-8-9-18)22-10-7-16(13-20(17)22)19-5-4-6-21(26)23(19)25(27,28)29/h4-7,10,13,15,18,30H,8-9,11-12,14H2,1-3H3. The summed E-state index contributed by atoms with van der Waals surface area (Å²) in [6, 6.07) is 8.31. The zero-order valence-electron chi connectivity index (χ0n) is 19.3. The SMILES string of the molecule is CC(C)(C)Cc1cn(CCNS(=O)(=O)C2CC2)c2ccc(-c3cccc(F)c3C(F)(F)F)cc12. The van der Waals surface area contributed by atoms with Crippen LogP contribution in [0.2, 0.25) is 0 Å². The number of hydrogen-bond acceptors (Lipinski definition) is 2. The van der Waals surface area contributed by atoms with Gasteiger partial charge in [0, 0.05) is 30.2 Å². The van der Waals surface area contributed by atoms with Gasteiger partial charge in [-0.05, 0) is 59.6 Å². The monoisotopic (exact) mass is 496 g/mol. The summed E-state index contributed by atoms with van der Waals surface area (Å²) in [5, 5.41) is 0.469. The first kappa shape index (κ1) is 24.7. The van der Waals surface area contributed by atoms with Gasteiger partial charge in [-0.25, -0.2) is 17.5 Å². The molecule has 0 saturated heterocycles. The van der Waals surface area contributed by atoms with Gasteiger partial charge in [0.2, 0.25) is 10.0 Å². The van der Waals surface area contributed by atoms with Crippen LogP contribution in [0.3, 0.4) is 0 Å². The van der Waals surface area contributed by atoms with E-state index in [1.54, 1.807) is 18.2 Å². The van der Waals surface area contributed by atoms with E-state index in [4.69, 9.17) is 0 Å². The van der Waals surface area contributed by atoms with E-state index in [1.807, 2.05) is 10.8 Å². The summed E-state index contributed by atoms with van der Waals surface area (Å²) >= 11 is 0. The van der Waals surface area contributed by atoms with E-state index in [9.17, 15) is 26.0 Å². The molecule has 0 amide bonds. The molecular weight excluding hydrogens is 468 g/mol. The minimum Gasteiger partial charge on any atom is -0.346 e. The number of nitrogens with one attached hydrogen (secondary N) is 1. The normalized spacial score (nSPS) is 15.3. The highest BCUT2D eigenvalue weighted by Gasteiger charge is 2.37. The molecule has 34 heavy (non-hydrogen) atoms. The lowest BCUT2D eigenvalue weighted by molar-refractivity contribution is -0.139. The summed E-state index contributed by atoms with van der Waals surface area (Å²) in [5.74, 6) is -1.31. The molecule has 1 fully saturated rings. The van der Waals surface area contributed by atoms with E-state index < -0.39 is 27.6 Å². The van der Waals surface area contributed by atoms with Crippen LogP contribution >= 0.6 is 0 Å². The second-order valence-electron chi connectivity index (χ2n) is 10.1. The second-order valence-corrected chi connectivity index (χ2v) is 12.2. The fourth-order valence-corrected chi connectivity index (χ4v) is 5.66. The third kappa shape index (κ3) is 5.30. The van der Waals surface area contributed by atoms with E-state index in [-0.39, 0.29) is 28.3 Å². The van der Waals surface area contributed by atoms with Crippen molar-refractivity contribution < 1.29 is 26.0 Å². The van der Waals surface area contributed by atoms with E-state index >= 15 is 0 Å². The minimum absolute atomic E-state index is 0.0847. The van der Waals surface area contributed by atoms with Gasteiger partial charge < -0.3 is 4.57 Å². The molecule has 0 spiro atoms. The van der Waals surface area contributed by atoms with Crippen LogP contribution in [-0.4, -0.2) is 24.8 Å². The summed E-state index contributed by atoms with van der Waals surface area (Å²) in [7, 11) is -3.30. The van der Waals surface area contributed by atoms with Gasteiger partial charge >= 0.3 is 6.18 Å². The maximum absolute atomic E-state index is 14.2. The molecule has 4 nitrogen and oxygen atoms in total. The van der Waals surface area contributed by atoms with E-state index in [2.05, 4.69) is 25.5 Å².